The van der Waals surface area contributed by atoms with Gasteiger partial charge in [0.2, 0.25) is 0 Å². The lowest BCUT2D eigenvalue weighted by atomic mass is 9.82. The highest BCUT2D eigenvalue weighted by Gasteiger charge is 2.24. The molecule has 0 amide bonds. The Kier molecular flexibility index (Phi) is 2.31. The SMILES string of the molecule is CC1CC(NCc2cnnn2C)C1. The maximum Gasteiger partial charge on any atom is 0.0738 e. The first kappa shape index (κ1) is 8.69. The minimum absolute atomic E-state index is 0.713. The molecule has 0 unspecified atom stereocenters. The van der Waals surface area contributed by atoms with Crippen molar-refractivity contribution < 1.29 is 0 Å². The fourth-order valence-electron chi connectivity index (χ4n) is 1.79. The number of hydrogen-bond acceptors (Lipinski definition) is 3. The van der Waals surface area contributed by atoms with E-state index in [-0.39, 0.29) is 0 Å². The summed E-state index contributed by atoms with van der Waals surface area (Å²) in [7, 11) is 1.92. The zero-order valence-corrected chi connectivity index (χ0v) is 8.20. The molecule has 1 aromatic heterocycles. The maximum absolute atomic E-state index is 3.88. The Balaban J connectivity index is 1.77. The zero-order valence-electron chi connectivity index (χ0n) is 8.20. The lowest BCUT2D eigenvalue weighted by Gasteiger charge is -2.33. The van der Waals surface area contributed by atoms with Gasteiger partial charge in [-0.25, -0.2) is 0 Å². The number of hydrogen-bond donors (Lipinski definition) is 1. The van der Waals surface area contributed by atoms with Crippen molar-refractivity contribution in [2.45, 2.75) is 32.4 Å². The monoisotopic (exact) mass is 180 g/mol. The van der Waals surface area contributed by atoms with Gasteiger partial charge in [-0.2, -0.15) is 0 Å². The summed E-state index contributed by atoms with van der Waals surface area (Å²) < 4.78 is 1.81. The molecule has 72 valence electrons. The topological polar surface area (TPSA) is 42.7 Å². The van der Waals surface area contributed by atoms with Crippen LogP contribution in [0.1, 0.15) is 25.5 Å². The average Bonchev–Trinajstić information content (AvgIpc) is 2.43. The minimum atomic E-state index is 0.713. The van der Waals surface area contributed by atoms with Gasteiger partial charge in [-0.1, -0.05) is 12.1 Å². The number of nitrogens with zero attached hydrogens (tertiary/aromatic N) is 3. The van der Waals surface area contributed by atoms with Crippen LogP contribution in [0, 0.1) is 5.92 Å². The predicted molar refractivity (Wildman–Crippen MR) is 50.0 cm³/mol. The zero-order chi connectivity index (χ0) is 9.26. The molecule has 1 aromatic rings. The Morgan fingerprint density at radius 3 is 2.92 bits per heavy atom. The summed E-state index contributed by atoms with van der Waals surface area (Å²) in [5.41, 5.74) is 1.15. The van der Waals surface area contributed by atoms with Crippen LogP contribution >= 0.6 is 0 Å². The van der Waals surface area contributed by atoms with E-state index in [0.29, 0.717) is 6.04 Å². The highest BCUT2D eigenvalue weighted by atomic mass is 15.4. The molecule has 4 nitrogen and oxygen atoms in total. The van der Waals surface area contributed by atoms with E-state index in [2.05, 4.69) is 22.6 Å². The normalized spacial score (nSPS) is 27.2. The van der Waals surface area contributed by atoms with Gasteiger partial charge in [0, 0.05) is 19.6 Å². The number of aromatic nitrogens is 3. The second-order valence-corrected chi connectivity index (χ2v) is 4.00. The van der Waals surface area contributed by atoms with Crippen molar-refractivity contribution >= 4 is 0 Å². The molecular weight excluding hydrogens is 164 g/mol. The molecule has 13 heavy (non-hydrogen) atoms. The predicted octanol–water partition coefficient (Wildman–Crippen LogP) is 0.703. The van der Waals surface area contributed by atoms with Crippen LogP contribution in [-0.2, 0) is 13.6 Å². The highest BCUT2D eigenvalue weighted by molar-refractivity contribution is 4.94. The van der Waals surface area contributed by atoms with E-state index in [4.69, 9.17) is 0 Å². The smallest absolute Gasteiger partial charge is 0.0738 e. The van der Waals surface area contributed by atoms with Crippen LogP contribution in [0.3, 0.4) is 0 Å². The van der Waals surface area contributed by atoms with Crippen molar-refractivity contribution in [1.29, 1.82) is 0 Å². The Hall–Kier alpha value is -0.900. The molecule has 0 spiro atoms. The van der Waals surface area contributed by atoms with Gasteiger partial charge in [0.15, 0.2) is 0 Å². The van der Waals surface area contributed by atoms with Crippen LogP contribution < -0.4 is 5.32 Å². The van der Waals surface area contributed by atoms with E-state index in [0.717, 1.165) is 18.2 Å². The van der Waals surface area contributed by atoms with Gasteiger partial charge >= 0.3 is 0 Å². The molecule has 1 heterocycles. The van der Waals surface area contributed by atoms with Crippen molar-refractivity contribution in [2.24, 2.45) is 13.0 Å². The van der Waals surface area contributed by atoms with Gasteiger partial charge in [-0.3, -0.25) is 4.68 Å². The van der Waals surface area contributed by atoms with Gasteiger partial charge in [0.25, 0.3) is 0 Å². The van der Waals surface area contributed by atoms with E-state index < -0.39 is 0 Å². The summed E-state index contributed by atoms with van der Waals surface area (Å²) in [6, 6.07) is 0.713. The molecule has 1 saturated carbocycles. The molecule has 0 atom stereocenters. The molecule has 1 aliphatic rings. The van der Waals surface area contributed by atoms with Gasteiger partial charge in [-0.05, 0) is 18.8 Å². The van der Waals surface area contributed by atoms with Crippen LogP contribution in [0.15, 0.2) is 6.20 Å². The van der Waals surface area contributed by atoms with Gasteiger partial charge in [0.05, 0.1) is 11.9 Å². The second-order valence-electron chi connectivity index (χ2n) is 4.00. The van der Waals surface area contributed by atoms with Crippen LogP contribution in [0.5, 0.6) is 0 Å². The largest absolute Gasteiger partial charge is 0.308 e. The molecule has 1 aliphatic carbocycles. The van der Waals surface area contributed by atoms with Crippen LogP contribution in [0.4, 0.5) is 0 Å². The van der Waals surface area contributed by atoms with E-state index in [1.54, 1.807) is 0 Å². The third-order valence-corrected chi connectivity index (χ3v) is 2.75. The first-order valence-corrected chi connectivity index (χ1v) is 4.82. The maximum atomic E-state index is 3.88. The van der Waals surface area contributed by atoms with Crippen molar-refractivity contribution in [2.75, 3.05) is 0 Å². The van der Waals surface area contributed by atoms with Crippen LogP contribution in [0.25, 0.3) is 0 Å². The molecule has 4 heteroatoms. The quantitative estimate of drug-likeness (QED) is 0.744. The van der Waals surface area contributed by atoms with Crippen LogP contribution in [0.2, 0.25) is 0 Å². The molecule has 2 rings (SSSR count). The summed E-state index contributed by atoms with van der Waals surface area (Å²) in [4.78, 5) is 0. The fourth-order valence-corrected chi connectivity index (χ4v) is 1.79. The molecule has 1 fully saturated rings. The molecule has 1 N–H and O–H groups in total. The van der Waals surface area contributed by atoms with Crippen molar-refractivity contribution in [3.05, 3.63) is 11.9 Å². The summed E-state index contributed by atoms with van der Waals surface area (Å²) in [6.45, 7) is 3.19. The van der Waals surface area contributed by atoms with E-state index in [1.165, 1.54) is 12.8 Å². The number of aryl methyl sites for hydroxylation is 1. The molecule has 0 bridgehead atoms. The van der Waals surface area contributed by atoms with E-state index >= 15 is 0 Å². The lowest BCUT2D eigenvalue weighted by molar-refractivity contribution is 0.239. The first-order chi connectivity index (χ1) is 6.25. The molecular formula is C9H16N4. The molecule has 0 aliphatic heterocycles. The lowest BCUT2D eigenvalue weighted by Crippen LogP contribution is -2.39. The minimum Gasteiger partial charge on any atom is -0.308 e. The molecule has 0 radical (unpaired) electrons. The summed E-state index contributed by atoms with van der Waals surface area (Å²) in [5.74, 6) is 0.905. The fraction of sp³-hybridized carbons (Fsp3) is 0.778. The second kappa shape index (κ2) is 3.46. The number of rotatable bonds is 3. The Labute approximate surface area is 78.3 Å². The Morgan fingerprint density at radius 2 is 2.38 bits per heavy atom. The van der Waals surface area contributed by atoms with Gasteiger partial charge < -0.3 is 5.32 Å². The van der Waals surface area contributed by atoms with E-state index in [9.17, 15) is 0 Å². The Morgan fingerprint density at radius 1 is 1.62 bits per heavy atom. The molecule has 0 saturated heterocycles. The average molecular weight is 180 g/mol. The summed E-state index contributed by atoms with van der Waals surface area (Å²) in [6.07, 6.45) is 4.44. The van der Waals surface area contributed by atoms with Crippen molar-refractivity contribution in [1.82, 2.24) is 20.3 Å². The van der Waals surface area contributed by atoms with Crippen molar-refractivity contribution in [3.63, 3.8) is 0 Å². The number of nitrogens with one attached hydrogen (secondary N) is 1. The third-order valence-electron chi connectivity index (χ3n) is 2.75. The highest BCUT2D eigenvalue weighted by Crippen LogP contribution is 2.26. The Bertz CT molecular complexity index is 275. The third kappa shape index (κ3) is 1.88. The van der Waals surface area contributed by atoms with Crippen LogP contribution in [-0.4, -0.2) is 21.0 Å². The van der Waals surface area contributed by atoms with Crippen molar-refractivity contribution in [3.8, 4) is 0 Å². The van der Waals surface area contributed by atoms with E-state index in [1.807, 2.05) is 17.9 Å². The standard InChI is InChI=1S/C9H16N4/c1-7-3-8(4-7)10-5-9-6-11-12-13(9)2/h6-8,10H,3-5H2,1-2H3. The van der Waals surface area contributed by atoms with Gasteiger partial charge in [0.1, 0.15) is 0 Å². The summed E-state index contributed by atoms with van der Waals surface area (Å²) >= 11 is 0. The summed E-state index contributed by atoms with van der Waals surface area (Å²) in [5, 5.41) is 11.2. The first-order valence-electron chi connectivity index (χ1n) is 4.82. The molecule has 0 aromatic carbocycles. The van der Waals surface area contributed by atoms with Gasteiger partial charge in [-0.15, -0.1) is 5.10 Å².